The van der Waals surface area contributed by atoms with Crippen LogP contribution in [0.25, 0.3) is 11.6 Å². The smallest absolute Gasteiger partial charge is 0.493 e. The SMILES string of the molecule is COc1ccccc1Oc1c(OCCOC(=O)Oc2ccc(CON(O)O)cc2)nc(-c2ncccn2)nc1N(COC(=O)OCCOCCON(O)O)S(=O)(=O)c1ccc(C(C)(C)C)cc1. The van der Waals surface area contributed by atoms with Gasteiger partial charge in [-0.25, -0.2) is 46.9 Å². The molecule has 5 rings (SSSR count). The number of hydrogen-bond acceptors (Lipinski definition) is 24. The largest absolute Gasteiger partial charge is 0.513 e. The van der Waals surface area contributed by atoms with Gasteiger partial charge in [0.15, 0.2) is 29.9 Å². The van der Waals surface area contributed by atoms with Gasteiger partial charge in [-0.2, -0.15) is 4.98 Å². The van der Waals surface area contributed by atoms with Crippen LogP contribution in [0, 0.1) is 0 Å². The molecule has 0 radical (unpaired) electrons. The molecule has 5 aromatic rings. The lowest BCUT2D eigenvalue weighted by Crippen LogP contribution is -2.36. The third-order valence-electron chi connectivity index (χ3n) is 8.60. The summed E-state index contributed by atoms with van der Waals surface area (Å²) >= 11 is 0. The van der Waals surface area contributed by atoms with Crippen molar-refractivity contribution in [3.8, 4) is 40.5 Å². The van der Waals surface area contributed by atoms with Crippen molar-refractivity contribution in [3.63, 3.8) is 0 Å². The van der Waals surface area contributed by atoms with Gasteiger partial charge in [-0.05, 0) is 59.0 Å². The van der Waals surface area contributed by atoms with Crippen molar-refractivity contribution in [2.75, 3.05) is 57.8 Å². The average molecular weight is 958 g/mol. The summed E-state index contributed by atoms with van der Waals surface area (Å²) in [7, 11) is -3.40. The van der Waals surface area contributed by atoms with Crippen molar-refractivity contribution >= 4 is 28.2 Å². The lowest BCUT2D eigenvalue weighted by molar-refractivity contribution is -0.497. The fraction of sp³-hybridized carbons (Fsp3) is 0.317. The molecular weight excluding hydrogens is 911 g/mol. The molecule has 0 amide bonds. The van der Waals surface area contributed by atoms with E-state index < -0.39 is 70.5 Å². The Morgan fingerprint density at radius 1 is 0.687 bits per heavy atom. The summed E-state index contributed by atoms with van der Waals surface area (Å²) in [5.41, 5.74) is 0.974. The molecular formula is C41H47N7O18S. The molecule has 0 saturated carbocycles. The molecule has 0 unspecified atom stereocenters. The van der Waals surface area contributed by atoms with Gasteiger partial charge in [0.05, 0.1) is 49.2 Å². The van der Waals surface area contributed by atoms with E-state index in [4.69, 9.17) is 58.7 Å². The number of hydrogen-bond donors (Lipinski definition) is 4. The van der Waals surface area contributed by atoms with Gasteiger partial charge in [0.2, 0.25) is 11.6 Å². The molecule has 3 aromatic carbocycles. The zero-order chi connectivity index (χ0) is 48.4. The number of aromatic nitrogens is 4. The van der Waals surface area contributed by atoms with Crippen LogP contribution in [0.15, 0.2) is 96.2 Å². The van der Waals surface area contributed by atoms with Gasteiger partial charge in [0.25, 0.3) is 15.9 Å². The predicted molar refractivity (Wildman–Crippen MR) is 225 cm³/mol. The lowest BCUT2D eigenvalue weighted by atomic mass is 9.87. The predicted octanol–water partition coefficient (Wildman–Crippen LogP) is 5.47. The van der Waals surface area contributed by atoms with Crippen LogP contribution in [-0.4, -0.2) is 126 Å². The van der Waals surface area contributed by atoms with E-state index in [9.17, 15) is 18.0 Å². The molecule has 4 N–H and O–H groups in total. The maximum atomic E-state index is 14.9. The van der Waals surface area contributed by atoms with Crippen molar-refractivity contribution in [2.45, 2.75) is 37.7 Å². The third-order valence-corrected chi connectivity index (χ3v) is 10.3. The summed E-state index contributed by atoms with van der Waals surface area (Å²) < 4.78 is 74.3. The number of methoxy groups -OCH3 is 1. The Morgan fingerprint density at radius 3 is 1.99 bits per heavy atom. The summed E-state index contributed by atoms with van der Waals surface area (Å²) in [4.78, 5) is 51.8. The molecule has 26 heteroatoms. The Morgan fingerprint density at radius 2 is 1.33 bits per heavy atom. The minimum Gasteiger partial charge on any atom is -0.493 e. The number of benzene rings is 3. The summed E-state index contributed by atoms with van der Waals surface area (Å²) in [5, 5.41) is 33.9. The van der Waals surface area contributed by atoms with Crippen molar-refractivity contribution in [3.05, 3.63) is 102 Å². The van der Waals surface area contributed by atoms with E-state index in [0.717, 1.165) is 5.56 Å². The first-order valence-corrected chi connectivity index (χ1v) is 21.2. The minimum atomic E-state index is -4.77. The first-order valence-electron chi connectivity index (χ1n) is 19.7. The number of rotatable bonds is 24. The molecule has 25 nitrogen and oxygen atoms in total. The van der Waals surface area contributed by atoms with Gasteiger partial charge < -0.3 is 37.9 Å². The Labute approximate surface area is 382 Å². The first-order chi connectivity index (χ1) is 32.0. The highest BCUT2D eigenvalue weighted by Crippen LogP contribution is 2.44. The van der Waals surface area contributed by atoms with E-state index in [2.05, 4.69) is 29.6 Å². The van der Waals surface area contributed by atoms with Gasteiger partial charge in [-0.15, -0.1) is 0 Å². The van der Waals surface area contributed by atoms with Crippen molar-refractivity contribution in [1.29, 1.82) is 0 Å². The monoisotopic (exact) mass is 957 g/mol. The zero-order valence-electron chi connectivity index (χ0n) is 36.4. The van der Waals surface area contributed by atoms with Gasteiger partial charge in [-0.3, -0.25) is 20.8 Å². The first kappa shape index (κ1) is 51.1. The van der Waals surface area contributed by atoms with E-state index in [1.807, 2.05) is 20.8 Å². The molecule has 0 aliphatic carbocycles. The van der Waals surface area contributed by atoms with Gasteiger partial charge in [0.1, 0.15) is 25.6 Å². The summed E-state index contributed by atoms with van der Waals surface area (Å²) in [6.07, 6.45) is 0.325. The Balaban J connectivity index is 1.51. The van der Waals surface area contributed by atoms with E-state index >= 15 is 0 Å². The third kappa shape index (κ3) is 15.6. The average Bonchev–Trinajstić information content (AvgIpc) is 3.30. The Hall–Kier alpha value is -6.85. The fourth-order valence-electron chi connectivity index (χ4n) is 5.39. The van der Waals surface area contributed by atoms with Crippen LogP contribution in [-0.2, 0) is 50.7 Å². The number of para-hydroxylation sites is 2. The zero-order valence-corrected chi connectivity index (χ0v) is 37.2. The quantitative estimate of drug-likeness (QED) is 0.0196. The summed E-state index contributed by atoms with van der Waals surface area (Å²) in [6, 6.07) is 19.7. The summed E-state index contributed by atoms with van der Waals surface area (Å²) in [5.74, 6) is -1.49. The van der Waals surface area contributed by atoms with Gasteiger partial charge >= 0.3 is 12.3 Å². The molecule has 0 spiro atoms. The van der Waals surface area contributed by atoms with Gasteiger partial charge in [-0.1, -0.05) is 57.2 Å². The molecule has 0 aliphatic heterocycles. The van der Waals surface area contributed by atoms with Crippen LogP contribution in [0.3, 0.4) is 0 Å². The molecule has 0 bridgehead atoms. The lowest BCUT2D eigenvalue weighted by Gasteiger charge is -2.26. The molecule has 360 valence electrons. The van der Waals surface area contributed by atoms with E-state index in [-0.39, 0.29) is 72.2 Å². The topological polar surface area (TPSA) is 303 Å². The van der Waals surface area contributed by atoms with Crippen LogP contribution in [0.1, 0.15) is 31.9 Å². The van der Waals surface area contributed by atoms with Gasteiger partial charge in [0, 0.05) is 12.4 Å². The Bertz CT molecular complexity index is 2460. The molecule has 0 fully saturated rings. The maximum absolute atomic E-state index is 14.9. The second-order valence-corrected chi connectivity index (χ2v) is 16.1. The highest BCUT2D eigenvalue weighted by atomic mass is 32.2. The molecule has 0 atom stereocenters. The number of nitrogens with zero attached hydrogens (tertiary/aromatic N) is 7. The second kappa shape index (κ2) is 24.6. The molecule has 2 aromatic heterocycles. The van der Waals surface area contributed by atoms with Crippen LogP contribution >= 0.6 is 0 Å². The summed E-state index contributed by atoms with van der Waals surface area (Å²) in [6.45, 7) is 2.81. The van der Waals surface area contributed by atoms with Crippen LogP contribution in [0.4, 0.5) is 15.4 Å². The van der Waals surface area contributed by atoms with Crippen molar-refractivity contribution < 1.29 is 86.4 Å². The normalized spacial score (nSPS) is 11.6. The van der Waals surface area contributed by atoms with E-state index in [1.165, 1.54) is 68.0 Å². The molecule has 2 heterocycles. The second-order valence-electron chi connectivity index (χ2n) is 14.2. The van der Waals surface area contributed by atoms with Crippen molar-refractivity contribution in [1.82, 2.24) is 30.7 Å². The van der Waals surface area contributed by atoms with Crippen molar-refractivity contribution in [2.24, 2.45) is 0 Å². The highest BCUT2D eigenvalue weighted by Gasteiger charge is 2.35. The number of carbonyl (C=O) groups is 2. The number of anilines is 1. The molecule has 0 aliphatic rings. The van der Waals surface area contributed by atoms with Crippen LogP contribution < -0.4 is 23.3 Å². The number of sulfonamides is 1. The highest BCUT2D eigenvalue weighted by molar-refractivity contribution is 7.92. The van der Waals surface area contributed by atoms with E-state index in [0.29, 0.717) is 9.87 Å². The van der Waals surface area contributed by atoms with Crippen LogP contribution in [0.5, 0.6) is 28.9 Å². The van der Waals surface area contributed by atoms with E-state index in [1.54, 1.807) is 30.3 Å². The standard InChI is InChI=1S/C41H47N7O18S/c1-41(2,3)29-12-16-31(17-13-29)67(55,56)46(27-62-39(49)60-22-20-58-21-25-63-47(51)52)37-34(66-33-9-6-5-8-32(33)57-4)38(45-36(44-37)35-42-18-7-19-43-35)59-23-24-61-40(50)65-30-14-10-28(11-15-30)26-64-48(53)54/h5-19,51-54H,20-27H2,1-4H3. The molecule has 67 heavy (non-hydrogen) atoms. The number of ether oxygens (including phenoxy) is 8. The van der Waals surface area contributed by atoms with Crippen LogP contribution in [0.2, 0.25) is 0 Å². The number of carbonyl (C=O) groups excluding carboxylic acids is 2. The fourth-order valence-corrected chi connectivity index (χ4v) is 6.67. The maximum Gasteiger partial charge on any atom is 0.513 e. The minimum absolute atomic E-state index is 0.0363. The Kier molecular flexibility index (Phi) is 18.8. The molecule has 0 saturated heterocycles.